The summed E-state index contributed by atoms with van der Waals surface area (Å²) < 4.78 is 13.3. The number of para-hydroxylation sites is 4. The van der Waals surface area contributed by atoms with Crippen LogP contribution < -0.4 is 14.4 Å². The smallest absolute Gasteiger partial charge is 0.132 e. The molecule has 0 fully saturated rings. The molecule has 2 heterocycles. The van der Waals surface area contributed by atoms with E-state index in [1.807, 2.05) is 0 Å². The minimum absolute atomic E-state index is 0.523. The Hall–Kier alpha value is -9.18. The second-order valence-electron chi connectivity index (χ2n) is 19.0. The standard InChI is InChI=1S/C68H43NO2/c1-2-19-44(20-3-1)45-21-16-23-48(41-45)69(61-34-18-33-60-66(61)51-26-5-7-28-54(51)68(60)58-31-10-14-37-64(58)71-65-38-15-11-32-59(65)68)49-24-17-22-46(42-49)47-39-40-55-52(43-47)50-25-4-6-27-53(50)67(55)56-29-8-12-35-62(56)70-63-36-13-9-30-57(63)67/h1-43H. The summed E-state index contributed by atoms with van der Waals surface area (Å²) in [5, 5.41) is 0. The van der Waals surface area contributed by atoms with E-state index in [0.717, 1.165) is 67.9 Å². The molecule has 4 aliphatic rings. The van der Waals surface area contributed by atoms with Gasteiger partial charge in [0.05, 0.1) is 16.5 Å². The van der Waals surface area contributed by atoms with Gasteiger partial charge in [0.1, 0.15) is 23.0 Å². The van der Waals surface area contributed by atoms with Crippen molar-refractivity contribution in [1.82, 2.24) is 0 Å². The van der Waals surface area contributed by atoms with Gasteiger partial charge in [-0.1, -0.05) is 200 Å². The molecule has 15 rings (SSSR count). The zero-order valence-corrected chi connectivity index (χ0v) is 38.6. The quantitative estimate of drug-likeness (QED) is 0.172. The molecular formula is C68H43NO2. The molecule has 0 saturated heterocycles. The van der Waals surface area contributed by atoms with Crippen molar-refractivity contribution < 1.29 is 9.47 Å². The summed E-state index contributed by atoms with van der Waals surface area (Å²) in [7, 11) is 0. The first kappa shape index (κ1) is 39.8. The van der Waals surface area contributed by atoms with Crippen molar-refractivity contribution in [1.29, 1.82) is 0 Å². The van der Waals surface area contributed by atoms with Crippen LogP contribution in [-0.4, -0.2) is 0 Å². The van der Waals surface area contributed by atoms with Crippen molar-refractivity contribution >= 4 is 17.1 Å². The zero-order chi connectivity index (χ0) is 46.7. The SMILES string of the molecule is c1ccc(-c2cccc(N(c3cccc(-c4ccc5c(c4)-c4ccccc4C54c5ccccc5Oc5ccccc54)c3)c3cccc4c3-c3ccccc3C43c4ccccc4Oc4ccccc43)c2)cc1. The van der Waals surface area contributed by atoms with Gasteiger partial charge < -0.3 is 14.4 Å². The Kier molecular flexibility index (Phi) is 8.49. The van der Waals surface area contributed by atoms with Crippen molar-refractivity contribution in [3.05, 3.63) is 305 Å². The topological polar surface area (TPSA) is 21.7 Å². The average molecular weight is 906 g/mol. The number of ether oxygens (including phenoxy) is 2. The van der Waals surface area contributed by atoms with E-state index in [1.165, 1.54) is 61.2 Å². The molecule has 71 heavy (non-hydrogen) atoms. The zero-order valence-electron chi connectivity index (χ0n) is 38.6. The van der Waals surface area contributed by atoms with Gasteiger partial charge in [0, 0.05) is 39.2 Å². The summed E-state index contributed by atoms with van der Waals surface area (Å²) in [6.07, 6.45) is 0. The van der Waals surface area contributed by atoms with E-state index >= 15 is 0 Å². The maximum absolute atomic E-state index is 6.72. The average Bonchev–Trinajstić information content (AvgIpc) is 3.90. The van der Waals surface area contributed by atoms with Crippen LogP contribution in [0.1, 0.15) is 44.5 Å². The van der Waals surface area contributed by atoms with Gasteiger partial charge in [-0.05, 0) is 122 Å². The minimum atomic E-state index is -0.601. The first-order chi connectivity index (χ1) is 35.2. The molecule has 0 amide bonds. The Morgan fingerprint density at radius 2 is 0.648 bits per heavy atom. The van der Waals surface area contributed by atoms with Crippen LogP contribution in [0.5, 0.6) is 23.0 Å². The predicted octanol–water partition coefficient (Wildman–Crippen LogP) is 17.4. The predicted molar refractivity (Wildman–Crippen MR) is 287 cm³/mol. The molecule has 0 unspecified atom stereocenters. The van der Waals surface area contributed by atoms with Crippen LogP contribution in [-0.2, 0) is 10.8 Å². The molecule has 0 atom stereocenters. The van der Waals surface area contributed by atoms with Crippen LogP contribution in [0.25, 0.3) is 44.5 Å². The van der Waals surface area contributed by atoms with E-state index in [-0.39, 0.29) is 0 Å². The molecule has 0 radical (unpaired) electrons. The first-order valence-electron chi connectivity index (χ1n) is 24.5. The van der Waals surface area contributed by atoms with Gasteiger partial charge in [0.2, 0.25) is 0 Å². The number of hydrogen-bond donors (Lipinski definition) is 0. The first-order valence-corrected chi connectivity index (χ1v) is 24.5. The second kappa shape index (κ2) is 15.2. The van der Waals surface area contributed by atoms with Gasteiger partial charge >= 0.3 is 0 Å². The van der Waals surface area contributed by atoms with Crippen molar-refractivity contribution in [2.75, 3.05) is 4.90 Å². The number of benzene rings is 11. The highest BCUT2D eigenvalue weighted by molar-refractivity contribution is 5.99. The van der Waals surface area contributed by atoms with Crippen LogP contribution in [0.4, 0.5) is 17.1 Å². The maximum atomic E-state index is 6.72. The Morgan fingerprint density at radius 3 is 1.23 bits per heavy atom. The molecule has 332 valence electrons. The lowest BCUT2D eigenvalue weighted by Crippen LogP contribution is -2.32. The molecule has 3 heteroatoms. The van der Waals surface area contributed by atoms with Crippen LogP contribution >= 0.6 is 0 Å². The summed E-state index contributed by atoms with van der Waals surface area (Å²) in [5.74, 6) is 3.56. The summed E-state index contributed by atoms with van der Waals surface area (Å²) in [6.45, 7) is 0. The van der Waals surface area contributed by atoms with E-state index in [9.17, 15) is 0 Å². The molecule has 3 nitrogen and oxygen atoms in total. The van der Waals surface area contributed by atoms with E-state index < -0.39 is 10.8 Å². The van der Waals surface area contributed by atoms with E-state index in [0.29, 0.717) is 0 Å². The molecule has 2 aliphatic carbocycles. The Morgan fingerprint density at radius 1 is 0.254 bits per heavy atom. The van der Waals surface area contributed by atoms with Gasteiger partial charge in [-0.25, -0.2) is 0 Å². The summed E-state index contributed by atoms with van der Waals surface area (Å²) >= 11 is 0. The summed E-state index contributed by atoms with van der Waals surface area (Å²) in [6, 6.07) is 95.1. The highest BCUT2D eigenvalue weighted by Crippen LogP contribution is 2.65. The van der Waals surface area contributed by atoms with Gasteiger partial charge in [-0.15, -0.1) is 0 Å². The Bertz CT molecular complexity index is 3890. The van der Waals surface area contributed by atoms with E-state index in [2.05, 4.69) is 266 Å². The molecule has 0 bridgehead atoms. The highest BCUT2D eigenvalue weighted by atomic mass is 16.5. The third-order valence-corrected chi connectivity index (χ3v) is 15.6. The van der Waals surface area contributed by atoms with Crippen LogP contribution in [0, 0.1) is 0 Å². The lowest BCUT2D eigenvalue weighted by Gasteiger charge is -2.39. The van der Waals surface area contributed by atoms with Crippen LogP contribution in [0.3, 0.4) is 0 Å². The lowest BCUT2D eigenvalue weighted by molar-refractivity contribution is 0.436. The number of rotatable bonds is 5. The summed E-state index contributed by atoms with van der Waals surface area (Å²) in [4.78, 5) is 2.48. The van der Waals surface area contributed by atoms with Crippen molar-refractivity contribution in [3.8, 4) is 67.5 Å². The molecule has 2 spiro atoms. The van der Waals surface area contributed by atoms with E-state index in [1.54, 1.807) is 0 Å². The summed E-state index contributed by atoms with van der Waals surface area (Å²) in [5.41, 5.74) is 21.3. The molecule has 2 aliphatic heterocycles. The number of anilines is 3. The maximum Gasteiger partial charge on any atom is 0.132 e. The van der Waals surface area contributed by atoms with E-state index in [4.69, 9.17) is 9.47 Å². The third kappa shape index (κ3) is 5.49. The largest absolute Gasteiger partial charge is 0.457 e. The van der Waals surface area contributed by atoms with Crippen molar-refractivity contribution in [3.63, 3.8) is 0 Å². The van der Waals surface area contributed by atoms with Crippen LogP contribution in [0.2, 0.25) is 0 Å². The number of fused-ring (bicyclic) bond motifs is 18. The Balaban J connectivity index is 0.950. The van der Waals surface area contributed by atoms with Crippen molar-refractivity contribution in [2.45, 2.75) is 10.8 Å². The molecule has 11 aromatic rings. The lowest BCUT2D eigenvalue weighted by atomic mass is 9.66. The normalized spacial score (nSPS) is 14.1. The second-order valence-corrected chi connectivity index (χ2v) is 19.0. The molecule has 0 aromatic heterocycles. The van der Waals surface area contributed by atoms with Gasteiger partial charge in [-0.2, -0.15) is 0 Å². The van der Waals surface area contributed by atoms with Gasteiger partial charge in [0.25, 0.3) is 0 Å². The fourth-order valence-corrected chi connectivity index (χ4v) is 12.8. The number of nitrogens with zero attached hydrogens (tertiary/aromatic N) is 1. The minimum Gasteiger partial charge on any atom is -0.457 e. The highest BCUT2D eigenvalue weighted by Gasteiger charge is 2.53. The van der Waals surface area contributed by atoms with Gasteiger partial charge in [-0.3, -0.25) is 0 Å². The van der Waals surface area contributed by atoms with Gasteiger partial charge in [0.15, 0.2) is 0 Å². The Labute approximate surface area is 413 Å². The number of hydrogen-bond acceptors (Lipinski definition) is 3. The van der Waals surface area contributed by atoms with Crippen LogP contribution in [0.15, 0.2) is 261 Å². The molecule has 11 aromatic carbocycles. The molecule has 0 saturated carbocycles. The monoisotopic (exact) mass is 905 g/mol. The van der Waals surface area contributed by atoms with Crippen molar-refractivity contribution in [2.24, 2.45) is 0 Å². The molecular weight excluding hydrogens is 863 g/mol. The third-order valence-electron chi connectivity index (χ3n) is 15.6. The molecule has 0 N–H and O–H groups in total. The fraction of sp³-hybridized carbons (Fsp3) is 0.0294. The fourth-order valence-electron chi connectivity index (χ4n) is 12.8.